The Hall–Kier alpha value is -0.920. The van der Waals surface area contributed by atoms with Crippen LogP contribution in [0, 0.1) is 19.8 Å². The molecule has 0 saturated heterocycles. The molecule has 0 spiro atoms. The molecule has 6 nitrogen and oxygen atoms in total. The lowest BCUT2D eigenvalue weighted by Crippen LogP contribution is -2.37. The lowest BCUT2D eigenvalue weighted by atomic mass is 10.2. The Morgan fingerprint density at radius 1 is 1.42 bits per heavy atom. The Labute approximate surface area is 115 Å². The fourth-order valence-electron chi connectivity index (χ4n) is 2.08. The van der Waals surface area contributed by atoms with Crippen LogP contribution in [0.3, 0.4) is 0 Å². The SMILES string of the molecule is CCN(CC(C)CN)S(=O)(=O)c1c(C)nn(C)c1C. The van der Waals surface area contributed by atoms with Gasteiger partial charge in [-0.2, -0.15) is 9.40 Å². The van der Waals surface area contributed by atoms with E-state index in [4.69, 9.17) is 5.73 Å². The molecule has 1 atom stereocenters. The number of hydrogen-bond acceptors (Lipinski definition) is 4. The first-order valence-corrected chi connectivity index (χ1v) is 7.90. The van der Waals surface area contributed by atoms with Crippen molar-refractivity contribution in [3.63, 3.8) is 0 Å². The third-order valence-electron chi connectivity index (χ3n) is 3.31. The van der Waals surface area contributed by atoms with E-state index >= 15 is 0 Å². The van der Waals surface area contributed by atoms with Gasteiger partial charge in [0.05, 0.1) is 11.4 Å². The van der Waals surface area contributed by atoms with Crippen LogP contribution in [0.15, 0.2) is 4.90 Å². The second-order valence-electron chi connectivity index (χ2n) is 4.92. The molecular weight excluding hydrogens is 264 g/mol. The largest absolute Gasteiger partial charge is 0.330 e. The van der Waals surface area contributed by atoms with Crippen molar-refractivity contribution in [3.05, 3.63) is 11.4 Å². The molecular formula is C12H24N4O2S. The first kappa shape index (κ1) is 16.1. The van der Waals surface area contributed by atoms with Crippen molar-refractivity contribution in [3.8, 4) is 0 Å². The van der Waals surface area contributed by atoms with E-state index in [1.807, 2.05) is 13.8 Å². The minimum absolute atomic E-state index is 0.131. The molecule has 0 saturated carbocycles. The Balaban J connectivity index is 3.21. The van der Waals surface area contributed by atoms with Crippen molar-refractivity contribution < 1.29 is 8.42 Å². The highest BCUT2D eigenvalue weighted by Crippen LogP contribution is 2.23. The summed E-state index contributed by atoms with van der Waals surface area (Å²) in [6.45, 7) is 8.61. The van der Waals surface area contributed by atoms with Crippen LogP contribution in [-0.2, 0) is 17.1 Å². The van der Waals surface area contributed by atoms with Crippen molar-refractivity contribution >= 4 is 10.0 Å². The average Bonchev–Trinajstić information content (AvgIpc) is 2.59. The number of hydrogen-bond donors (Lipinski definition) is 1. The van der Waals surface area contributed by atoms with Gasteiger partial charge in [-0.05, 0) is 26.3 Å². The number of aromatic nitrogens is 2. The Morgan fingerprint density at radius 2 is 2.00 bits per heavy atom. The summed E-state index contributed by atoms with van der Waals surface area (Å²) in [5.41, 5.74) is 6.79. The molecule has 110 valence electrons. The van der Waals surface area contributed by atoms with Gasteiger partial charge >= 0.3 is 0 Å². The number of nitrogens with zero attached hydrogens (tertiary/aromatic N) is 3. The highest BCUT2D eigenvalue weighted by atomic mass is 32.2. The first-order valence-electron chi connectivity index (χ1n) is 6.46. The van der Waals surface area contributed by atoms with Crippen LogP contribution < -0.4 is 5.73 Å². The topological polar surface area (TPSA) is 81.2 Å². The molecule has 0 aromatic carbocycles. The number of sulfonamides is 1. The van der Waals surface area contributed by atoms with Crippen molar-refractivity contribution in [2.45, 2.75) is 32.6 Å². The van der Waals surface area contributed by atoms with Crippen LogP contribution in [0.25, 0.3) is 0 Å². The van der Waals surface area contributed by atoms with Crippen LogP contribution >= 0.6 is 0 Å². The molecule has 0 radical (unpaired) electrons. The third-order valence-corrected chi connectivity index (χ3v) is 5.50. The maximum atomic E-state index is 12.7. The van der Waals surface area contributed by atoms with E-state index in [2.05, 4.69) is 5.10 Å². The molecule has 0 fully saturated rings. The van der Waals surface area contributed by atoms with E-state index in [0.717, 1.165) is 0 Å². The van der Waals surface area contributed by atoms with Crippen molar-refractivity contribution in [2.24, 2.45) is 18.7 Å². The number of rotatable bonds is 6. The molecule has 0 amide bonds. The van der Waals surface area contributed by atoms with E-state index < -0.39 is 10.0 Å². The zero-order valence-electron chi connectivity index (χ0n) is 12.3. The Morgan fingerprint density at radius 3 is 2.37 bits per heavy atom. The second kappa shape index (κ2) is 6.02. The monoisotopic (exact) mass is 288 g/mol. The summed E-state index contributed by atoms with van der Waals surface area (Å²) in [5, 5.41) is 4.18. The van der Waals surface area contributed by atoms with E-state index in [9.17, 15) is 8.42 Å². The molecule has 1 rings (SSSR count). The van der Waals surface area contributed by atoms with Crippen LogP contribution in [0.4, 0.5) is 0 Å². The van der Waals surface area contributed by atoms with E-state index in [1.165, 1.54) is 4.31 Å². The maximum Gasteiger partial charge on any atom is 0.246 e. The summed E-state index contributed by atoms with van der Waals surface area (Å²) < 4.78 is 28.5. The van der Waals surface area contributed by atoms with Crippen LogP contribution in [0.2, 0.25) is 0 Å². The minimum Gasteiger partial charge on any atom is -0.330 e. The van der Waals surface area contributed by atoms with E-state index in [0.29, 0.717) is 35.9 Å². The molecule has 0 aliphatic carbocycles. The predicted molar refractivity (Wildman–Crippen MR) is 75.3 cm³/mol. The smallest absolute Gasteiger partial charge is 0.246 e. The normalized spacial score (nSPS) is 14.1. The van der Waals surface area contributed by atoms with Crippen molar-refractivity contribution in [1.82, 2.24) is 14.1 Å². The van der Waals surface area contributed by atoms with Gasteiger partial charge in [-0.3, -0.25) is 4.68 Å². The van der Waals surface area contributed by atoms with E-state index in [1.54, 1.807) is 25.6 Å². The Kier molecular flexibility index (Phi) is 5.11. The summed E-state index contributed by atoms with van der Waals surface area (Å²) in [6.07, 6.45) is 0. The third kappa shape index (κ3) is 3.16. The highest BCUT2D eigenvalue weighted by Gasteiger charge is 2.30. The van der Waals surface area contributed by atoms with Crippen molar-refractivity contribution in [2.75, 3.05) is 19.6 Å². The lowest BCUT2D eigenvalue weighted by molar-refractivity contribution is 0.370. The van der Waals surface area contributed by atoms with Crippen LogP contribution in [0.1, 0.15) is 25.2 Å². The second-order valence-corrected chi connectivity index (χ2v) is 6.79. The van der Waals surface area contributed by atoms with Crippen molar-refractivity contribution in [1.29, 1.82) is 0 Å². The van der Waals surface area contributed by atoms with Gasteiger partial charge in [0.1, 0.15) is 4.90 Å². The lowest BCUT2D eigenvalue weighted by Gasteiger charge is -2.23. The number of nitrogens with two attached hydrogens (primary N) is 1. The van der Waals surface area contributed by atoms with Gasteiger partial charge in [-0.1, -0.05) is 13.8 Å². The summed E-state index contributed by atoms with van der Waals surface area (Å²) in [7, 11) is -1.75. The van der Waals surface area contributed by atoms with Gasteiger partial charge in [0.15, 0.2) is 0 Å². The van der Waals surface area contributed by atoms with Crippen LogP contribution in [0.5, 0.6) is 0 Å². The molecule has 0 aliphatic heterocycles. The standard InChI is InChI=1S/C12H24N4O2S/c1-6-16(8-9(2)7-13)19(17,18)12-10(3)14-15(5)11(12)4/h9H,6-8,13H2,1-5H3. The minimum atomic E-state index is -3.50. The first-order chi connectivity index (χ1) is 8.75. The van der Waals surface area contributed by atoms with Gasteiger partial charge in [0, 0.05) is 20.1 Å². The summed E-state index contributed by atoms with van der Waals surface area (Å²) in [5.74, 6) is 0.131. The molecule has 0 aliphatic rings. The maximum absolute atomic E-state index is 12.7. The summed E-state index contributed by atoms with van der Waals surface area (Å²) in [4.78, 5) is 0.320. The van der Waals surface area contributed by atoms with Gasteiger partial charge in [-0.15, -0.1) is 0 Å². The molecule has 0 bridgehead atoms. The molecule has 1 heterocycles. The quantitative estimate of drug-likeness (QED) is 0.833. The molecule has 1 aromatic rings. The summed E-state index contributed by atoms with van der Waals surface area (Å²) in [6, 6.07) is 0. The molecule has 1 aromatic heterocycles. The highest BCUT2D eigenvalue weighted by molar-refractivity contribution is 7.89. The zero-order chi connectivity index (χ0) is 14.8. The fourth-order valence-corrected chi connectivity index (χ4v) is 4.04. The fraction of sp³-hybridized carbons (Fsp3) is 0.750. The molecule has 1 unspecified atom stereocenters. The van der Waals surface area contributed by atoms with Gasteiger partial charge in [-0.25, -0.2) is 8.42 Å². The molecule has 2 N–H and O–H groups in total. The zero-order valence-corrected chi connectivity index (χ0v) is 13.2. The predicted octanol–water partition coefficient (Wildman–Crippen LogP) is 0.642. The summed E-state index contributed by atoms with van der Waals surface area (Å²) >= 11 is 0. The Bertz CT molecular complexity index is 536. The van der Waals surface area contributed by atoms with Crippen LogP contribution in [-0.4, -0.2) is 42.1 Å². The van der Waals surface area contributed by atoms with Gasteiger partial charge < -0.3 is 5.73 Å². The molecule has 7 heteroatoms. The van der Waals surface area contributed by atoms with Gasteiger partial charge in [0.2, 0.25) is 10.0 Å². The van der Waals surface area contributed by atoms with Gasteiger partial charge in [0.25, 0.3) is 0 Å². The van der Waals surface area contributed by atoms with E-state index in [-0.39, 0.29) is 5.92 Å². The molecule has 19 heavy (non-hydrogen) atoms. The number of aryl methyl sites for hydroxylation is 2. The average molecular weight is 288 g/mol.